The molecule has 2 rings (SSSR count). The zero-order valence-corrected chi connectivity index (χ0v) is 12.7. The number of likely N-dealkylation sites (tertiary alicyclic amines) is 1. The van der Waals surface area contributed by atoms with Gasteiger partial charge in [-0.15, -0.1) is 0 Å². The van der Waals surface area contributed by atoms with Crippen LogP contribution < -0.4 is 10.5 Å². The summed E-state index contributed by atoms with van der Waals surface area (Å²) < 4.78 is 5.73. The molecule has 112 valence electrons. The molecule has 4 heteroatoms. The van der Waals surface area contributed by atoms with Crippen molar-refractivity contribution >= 4 is 5.69 Å². The number of piperidine rings is 1. The number of nitrogens with zero attached hydrogens (tertiary/aromatic N) is 2. The van der Waals surface area contributed by atoms with Crippen molar-refractivity contribution in [3.05, 3.63) is 24.3 Å². The lowest BCUT2D eigenvalue weighted by Gasteiger charge is -2.35. The topological polar surface area (TPSA) is 41.7 Å². The van der Waals surface area contributed by atoms with Gasteiger partial charge in [0.15, 0.2) is 0 Å². The molecule has 0 radical (unpaired) electrons. The first-order chi connectivity index (χ1) is 9.65. The van der Waals surface area contributed by atoms with E-state index in [1.807, 2.05) is 24.3 Å². The van der Waals surface area contributed by atoms with Crippen LogP contribution in [0.5, 0.6) is 5.75 Å². The molecular formula is C16H27N3O. The van der Waals surface area contributed by atoms with Crippen LogP contribution in [0.2, 0.25) is 0 Å². The van der Waals surface area contributed by atoms with Crippen LogP contribution in [0.15, 0.2) is 24.3 Å². The summed E-state index contributed by atoms with van der Waals surface area (Å²) in [7, 11) is 4.44. The van der Waals surface area contributed by atoms with E-state index in [9.17, 15) is 0 Å². The van der Waals surface area contributed by atoms with Crippen LogP contribution in [-0.2, 0) is 0 Å². The summed E-state index contributed by atoms with van der Waals surface area (Å²) in [6.45, 7) is 4.28. The molecule has 1 saturated heterocycles. The van der Waals surface area contributed by atoms with Gasteiger partial charge in [-0.3, -0.25) is 0 Å². The van der Waals surface area contributed by atoms with E-state index in [2.05, 4.69) is 23.9 Å². The molecule has 1 heterocycles. The predicted molar refractivity (Wildman–Crippen MR) is 84.1 cm³/mol. The average Bonchev–Trinajstić information content (AvgIpc) is 2.45. The van der Waals surface area contributed by atoms with Gasteiger partial charge < -0.3 is 20.3 Å². The van der Waals surface area contributed by atoms with Crippen LogP contribution >= 0.6 is 0 Å². The van der Waals surface area contributed by atoms with Crippen molar-refractivity contribution in [2.75, 3.05) is 46.1 Å². The Kier molecular flexibility index (Phi) is 5.68. The molecule has 0 amide bonds. The Hall–Kier alpha value is -1.26. The number of likely N-dealkylation sites (N-methyl/N-ethyl adjacent to an activating group) is 2. The van der Waals surface area contributed by atoms with Gasteiger partial charge in [-0.2, -0.15) is 0 Å². The van der Waals surface area contributed by atoms with Crippen LogP contribution in [0.1, 0.15) is 19.3 Å². The van der Waals surface area contributed by atoms with Crippen molar-refractivity contribution < 1.29 is 4.74 Å². The maximum Gasteiger partial charge on any atom is 0.119 e. The SMILES string of the molecule is CN1CCCC(N(C)CCCOc2ccc(N)cc2)C1. The lowest BCUT2D eigenvalue weighted by Crippen LogP contribution is -2.45. The monoisotopic (exact) mass is 277 g/mol. The first kappa shape index (κ1) is 15.1. The summed E-state index contributed by atoms with van der Waals surface area (Å²) in [4.78, 5) is 4.90. The minimum atomic E-state index is 0.699. The van der Waals surface area contributed by atoms with Gasteiger partial charge in [0, 0.05) is 24.8 Å². The number of anilines is 1. The van der Waals surface area contributed by atoms with E-state index in [0.29, 0.717) is 6.04 Å². The number of nitrogens with two attached hydrogens (primary N) is 1. The van der Waals surface area contributed by atoms with E-state index in [-0.39, 0.29) is 0 Å². The van der Waals surface area contributed by atoms with Crippen LogP contribution in [0.3, 0.4) is 0 Å². The van der Waals surface area contributed by atoms with Gasteiger partial charge in [-0.1, -0.05) is 0 Å². The highest BCUT2D eigenvalue weighted by atomic mass is 16.5. The van der Waals surface area contributed by atoms with Crippen LogP contribution in [0.4, 0.5) is 5.69 Å². The second-order valence-corrected chi connectivity index (χ2v) is 5.81. The maximum atomic E-state index is 5.73. The first-order valence-corrected chi connectivity index (χ1v) is 7.52. The Labute approximate surface area is 122 Å². The molecule has 0 aliphatic carbocycles. The van der Waals surface area contributed by atoms with Crippen molar-refractivity contribution in [3.8, 4) is 5.75 Å². The fourth-order valence-electron chi connectivity index (χ4n) is 2.75. The molecule has 1 aliphatic heterocycles. The summed E-state index contributed by atoms with van der Waals surface area (Å²) in [6.07, 6.45) is 3.69. The molecule has 0 saturated carbocycles. The highest BCUT2D eigenvalue weighted by Gasteiger charge is 2.20. The second-order valence-electron chi connectivity index (χ2n) is 5.81. The van der Waals surface area contributed by atoms with Crippen molar-refractivity contribution in [1.82, 2.24) is 9.80 Å². The first-order valence-electron chi connectivity index (χ1n) is 7.52. The summed E-state index contributed by atoms with van der Waals surface area (Å²) in [6, 6.07) is 8.30. The van der Waals surface area contributed by atoms with E-state index in [4.69, 9.17) is 10.5 Å². The lowest BCUT2D eigenvalue weighted by molar-refractivity contribution is 0.128. The number of nitrogen functional groups attached to an aromatic ring is 1. The molecule has 0 bridgehead atoms. The van der Waals surface area contributed by atoms with Gasteiger partial charge in [0.1, 0.15) is 5.75 Å². The second kappa shape index (κ2) is 7.50. The Morgan fingerprint density at radius 3 is 2.80 bits per heavy atom. The molecular weight excluding hydrogens is 250 g/mol. The number of hydrogen-bond acceptors (Lipinski definition) is 4. The molecule has 4 nitrogen and oxygen atoms in total. The predicted octanol–water partition coefficient (Wildman–Crippen LogP) is 2.06. The number of rotatable bonds is 6. The molecule has 1 atom stereocenters. The van der Waals surface area contributed by atoms with Gasteiger partial charge >= 0.3 is 0 Å². The fraction of sp³-hybridized carbons (Fsp3) is 0.625. The van der Waals surface area contributed by atoms with E-state index in [1.54, 1.807) is 0 Å². The fourth-order valence-corrected chi connectivity index (χ4v) is 2.75. The quantitative estimate of drug-likeness (QED) is 0.638. The lowest BCUT2D eigenvalue weighted by atomic mass is 10.1. The van der Waals surface area contributed by atoms with E-state index in [0.717, 1.165) is 31.0 Å². The molecule has 2 N–H and O–H groups in total. The van der Waals surface area contributed by atoms with Crippen LogP contribution in [0, 0.1) is 0 Å². The largest absolute Gasteiger partial charge is 0.494 e. The van der Waals surface area contributed by atoms with Crippen molar-refractivity contribution in [3.63, 3.8) is 0 Å². The maximum absolute atomic E-state index is 5.73. The molecule has 20 heavy (non-hydrogen) atoms. The zero-order chi connectivity index (χ0) is 14.4. The smallest absolute Gasteiger partial charge is 0.119 e. The molecule has 1 aliphatic rings. The molecule has 1 unspecified atom stereocenters. The third kappa shape index (κ3) is 4.69. The number of benzene rings is 1. The number of hydrogen-bond donors (Lipinski definition) is 1. The van der Waals surface area contributed by atoms with Gasteiger partial charge in [0.05, 0.1) is 6.61 Å². The normalized spacial score (nSPS) is 20.2. The van der Waals surface area contributed by atoms with Crippen LogP contribution in [0.25, 0.3) is 0 Å². The minimum absolute atomic E-state index is 0.699. The molecule has 1 fully saturated rings. The summed E-state index contributed by atoms with van der Waals surface area (Å²) in [5.41, 5.74) is 6.43. The molecule has 1 aromatic rings. The summed E-state index contributed by atoms with van der Waals surface area (Å²) in [5.74, 6) is 0.902. The molecule has 1 aromatic carbocycles. The Morgan fingerprint density at radius 2 is 2.10 bits per heavy atom. The average molecular weight is 277 g/mol. The Balaban J connectivity index is 1.64. The highest BCUT2D eigenvalue weighted by molar-refractivity contribution is 5.41. The van der Waals surface area contributed by atoms with Crippen molar-refractivity contribution in [1.29, 1.82) is 0 Å². The Bertz CT molecular complexity index is 393. The van der Waals surface area contributed by atoms with Crippen molar-refractivity contribution in [2.24, 2.45) is 0 Å². The third-order valence-electron chi connectivity index (χ3n) is 4.03. The van der Waals surface area contributed by atoms with Crippen LogP contribution in [-0.4, -0.2) is 56.2 Å². The summed E-state index contributed by atoms with van der Waals surface area (Å²) in [5, 5.41) is 0. The van der Waals surface area contributed by atoms with Gasteiger partial charge in [0.2, 0.25) is 0 Å². The van der Waals surface area contributed by atoms with Gasteiger partial charge in [0.25, 0.3) is 0 Å². The third-order valence-corrected chi connectivity index (χ3v) is 4.03. The van der Waals surface area contributed by atoms with E-state index in [1.165, 1.54) is 25.9 Å². The number of ether oxygens (including phenoxy) is 1. The van der Waals surface area contributed by atoms with Gasteiger partial charge in [-0.05, 0) is 64.2 Å². The summed E-state index contributed by atoms with van der Waals surface area (Å²) >= 11 is 0. The van der Waals surface area contributed by atoms with E-state index < -0.39 is 0 Å². The molecule has 0 aromatic heterocycles. The Morgan fingerprint density at radius 1 is 1.35 bits per heavy atom. The van der Waals surface area contributed by atoms with Crippen molar-refractivity contribution in [2.45, 2.75) is 25.3 Å². The van der Waals surface area contributed by atoms with E-state index >= 15 is 0 Å². The minimum Gasteiger partial charge on any atom is -0.494 e. The standard InChI is InChI=1S/C16H27N3O/c1-18-10-3-5-15(13-18)19(2)11-4-12-20-16-8-6-14(17)7-9-16/h6-9,15H,3-5,10-13,17H2,1-2H3. The highest BCUT2D eigenvalue weighted by Crippen LogP contribution is 2.15. The zero-order valence-electron chi connectivity index (χ0n) is 12.7. The van der Waals surface area contributed by atoms with Gasteiger partial charge in [-0.25, -0.2) is 0 Å². The molecule has 0 spiro atoms.